The van der Waals surface area contributed by atoms with E-state index in [4.69, 9.17) is 0 Å². The highest BCUT2D eigenvalue weighted by molar-refractivity contribution is 5.82. The number of aromatic nitrogens is 1. The molecule has 0 saturated heterocycles. The Labute approximate surface area is 105 Å². The summed E-state index contributed by atoms with van der Waals surface area (Å²) in [7, 11) is 0. The van der Waals surface area contributed by atoms with Crippen molar-refractivity contribution in [1.29, 1.82) is 0 Å². The van der Waals surface area contributed by atoms with Crippen LogP contribution in [0.1, 0.15) is 5.56 Å². The molecule has 18 heavy (non-hydrogen) atoms. The molecule has 3 rings (SSSR count). The zero-order chi connectivity index (χ0) is 12.4. The predicted molar refractivity (Wildman–Crippen MR) is 73.8 cm³/mol. The van der Waals surface area contributed by atoms with Crippen molar-refractivity contribution in [1.82, 2.24) is 4.57 Å². The molecular formula is C16H13NO. The van der Waals surface area contributed by atoms with Crippen LogP contribution in [0.2, 0.25) is 0 Å². The van der Waals surface area contributed by atoms with Gasteiger partial charge < -0.3 is 4.57 Å². The van der Waals surface area contributed by atoms with Gasteiger partial charge in [0.2, 0.25) is 0 Å². The third-order valence-electron chi connectivity index (χ3n) is 3.07. The van der Waals surface area contributed by atoms with Gasteiger partial charge in [0.1, 0.15) is 0 Å². The molecule has 1 heterocycles. The van der Waals surface area contributed by atoms with Gasteiger partial charge in [-0.3, -0.25) is 4.79 Å². The first-order valence-electron chi connectivity index (χ1n) is 5.96. The first-order valence-corrected chi connectivity index (χ1v) is 5.96. The van der Waals surface area contributed by atoms with Crippen LogP contribution in [-0.2, 0) is 6.54 Å². The van der Waals surface area contributed by atoms with E-state index in [-0.39, 0.29) is 5.56 Å². The van der Waals surface area contributed by atoms with E-state index in [9.17, 15) is 4.79 Å². The summed E-state index contributed by atoms with van der Waals surface area (Å²) in [4.78, 5) is 11.7. The van der Waals surface area contributed by atoms with Crippen LogP contribution < -0.4 is 5.56 Å². The van der Waals surface area contributed by atoms with E-state index in [2.05, 4.69) is 30.3 Å². The standard InChI is InChI=1S/C16H13NO/c18-16-7-3-4-10-17(16)12-13-8-9-14-5-1-2-6-15(14)11-13/h1-11H,12H2. The van der Waals surface area contributed by atoms with Crippen molar-refractivity contribution in [2.45, 2.75) is 6.54 Å². The van der Waals surface area contributed by atoms with E-state index in [1.807, 2.05) is 24.4 Å². The summed E-state index contributed by atoms with van der Waals surface area (Å²) in [6.45, 7) is 0.616. The van der Waals surface area contributed by atoms with Gasteiger partial charge in [0, 0.05) is 12.3 Å². The number of hydrogen-bond acceptors (Lipinski definition) is 1. The lowest BCUT2D eigenvalue weighted by Crippen LogP contribution is -2.18. The van der Waals surface area contributed by atoms with Crippen LogP contribution in [0.15, 0.2) is 71.7 Å². The number of benzene rings is 2. The molecule has 2 nitrogen and oxygen atoms in total. The molecule has 2 aromatic carbocycles. The quantitative estimate of drug-likeness (QED) is 0.669. The summed E-state index contributed by atoms with van der Waals surface area (Å²) in [5.41, 5.74) is 1.17. The zero-order valence-corrected chi connectivity index (χ0v) is 9.91. The largest absolute Gasteiger partial charge is 0.311 e. The lowest BCUT2D eigenvalue weighted by molar-refractivity contribution is 0.760. The Morgan fingerprint density at radius 1 is 0.833 bits per heavy atom. The van der Waals surface area contributed by atoms with Crippen LogP contribution in [0.4, 0.5) is 0 Å². The molecule has 0 fully saturated rings. The Balaban J connectivity index is 2.01. The average molecular weight is 235 g/mol. The number of nitrogens with zero attached hydrogens (tertiary/aromatic N) is 1. The molecule has 0 aliphatic carbocycles. The molecule has 0 atom stereocenters. The number of hydrogen-bond donors (Lipinski definition) is 0. The summed E-state index contributed by atoms with van der Waals surface area (Å²) in [5.74, 6) is 0. The Morgan fingerprint density at radius 2 is 1.61 bits per heavy atom. The summed E-state index contributed by atoms with van der Waals surface area (Å²) in [5, 5.41) is 2.43. The van der Waals surface area contributed by atoms with Crippen molar-refractivity contribution >= 4 is 10.8 Å². The zero-order valence-electron chi connectivity index (χ0n) is 9.91. The van der Waals surface area contributed by atoms with Crippen molar-refractivity contribution < 1.29 is 0 Å². The van der Waals surface area contributed by atoms with Crippen molar-refractivity contribution in [3.8, 4) is 0 Å². The molecule has 0 amide bonds. The fourth-order valence-corrected chi connectivity index (χ4v) is 2.13. The number of fused-ring (bicyclic) bond motifs is 1. The summed E-state index contributed by atoms with van der Waals surface area (Å²) >= 11 is 0. The Morgan fingerprint density at radius 3 is 2.44 bits per heavy atom. The first kappa shape index (κ1) is 10.8. The Kier molecular flexibility index (Phi) is 2.69. The van der Waals surface area contributed by atoms with Gasteiger partial charge >= 0.3 is 0 Å². The van der Waals surface area contributed by atoms with Gasteiger partial charge in [-0.15, -0.1) is 0 Å². The van der Waals surface area contributed by atoms with Gasteiger partial charge in [-0.1, -0.05) is 42.5 Å². The average Bonchev–Trinajstić information content (AvgIpc) is 2.41. The minimum Gasteiger partial charge on any atom is -0.311 e. The fraction of sp³-hybridized carbons (Fsp3) is 0.0625. The van der Waals surface area contributed by atoms with Gasteiger partial charge in [-0.05, 0) is 28.5 Å². The maximum Gasteiger partial charge on any atom is 0.250 e. The molecule has 0 radical (unpaired) electrons. The molecule has 1 aromatic heterocycles. The number of pyridine rings is 1. The monoisotopic (exact) mass is 235 g/mol. The van der Waals surface area contributed by atoms with Crippen LogP contribution in [0.5, 0.6) is 0 Å². The SMILES string of the molecule is O=c1ccccn1Cc1ccc2ccccc2c1. The van der Waals surface area contributed by atoms with E-state index in [1.54, 1.807) is 16.7 Å². The lowest BCUT2D eigenvalue weighted by atomic mass is 10.1. The van der Waals surface area contributed by atoms with Crippen molar-refractivity contribution in [3.63, 3.8) is 0 Å². The summed E-state index contributed by atoms with van der Waals surface area (Å²) in [6.07, 6.45) is 1.82. The normalized spacial score (nSPS) is 10.7. The minimum atomic E-state index is 0.0330. The van der Waals surface area contributed by atoms with Gasteiger partial charge in [0.15, 0.2) is 0 Å². The Hall–Kier alpha value is -2.35. The van der Waals surface area contributed by atoms with E-state index < -0.39 is 0 Å². The van der Waals surface area contributed by atoms with Gasteiger partial charge in [-0.2, -0.15) is 0 Å². The fourth-order valence-electron chi connectivity index (χ4n) is 2.13. The molecule has 0 N–H and O–H groups in total. The molecule has 3 aromatic rings. The van der Waals surface area contributed by atoms with Crippen molar-refractivity contribution in [2.24, 2.45) is 0 Å². The molecule has 0 unspecified atom stereocenters. The molecule has 0 spiro atoms. The summed E-state index contributed by atoms with van der Waals surface area (Å²) < 4.78 is 1.71. The maximum atomic E-state index is 11.7. The molecule has 0 aliphatic rings. The predicted octanol–water partition coefficient (Wildman–Crippen LogP) is 3.05. The highest BCUT2D eigenvalue weighted by Crippen LogP contribution is 2.15. The Bertz CT molecular complexity index is 743. The molecule has 2 heteroatoms. The smallest absolute Gasteiger partial charge is 0.250 e. The first-order chi connectivity index (χ1) is 8.83. The van der Waals surface area contributed by atoms with Gasteiger partial charge in [0.25, 0.3) is 5.56 Å². The van der Waals surface area contributed by atoms with E-state index in [1.165, 1.54) is 10.8 Å². The van der Waals surface area contributed by atoms with Crippen LogP contribution >= 0.6 is 0 Å². The van der Waals surface area contributed by atoms with Crippen molar-refractivity contribution in [2.75, 3.05) is 0 Å². The van der Waals surface area contributed by atoms with Gasteiger partial charge in [0.05, 0.1) is 6.54 Å². The second-order valence-electron chi connectivity index (χ2n) is 4.35. The molecule has 0 saturated carbocycles. The van der Waals surface area contributed by atoms with E-state index in [0.717, 1.165) is 5.56 Å². The summed E-state index contributed by atoms with van der Waals surface area (Å²) in [6, 6.07) is 19.8. The highest BCUT2D eigenvalue weighted by atomic mass is 16.1. The van der Waals surface area contributed by atoms with E-state index >= 15 is 0 Å². The van der Waals surface area contributed by atoms with E-state index in [0.29, 0.717) is 6.54 Å². The third kappa shape index (κ3) is 2.05. The van der Waals surface area contributed by atoms with Crippen LogP contribution in [0.25, 0.3) is 10.8 Å². The lowest BCUT2D eigenvalue weighted by Gasteiger charge is -2.06. The highest BCUT2D eigenvalue weighted by Gasteiger charge is 1.98. The van der Waals surface area contributed by atoms with Crippen LogP contribution in [-0.4, -0.2) is 4.57 Å². The number of rotatable bonds is 2. The topological polar surface area (TPSA) is 22.0 Å². The maximum absolute atomic E-state index is 11.7. The van der Waals surface area contributed by atoms with Gasteiger partial charge in [-0.25, -0.2) is 0 Å². The molecular weight excluding hydrogens is 222 g/mol. The third-order valence-corrected chi connectivity index (χ3v) is 3.07. The van der Waals surface area contributed by atoms with Crippen LogP contribution in [0.3, 0.4) is 0 Å². The van der Waals surface area contributed by atoms with Crippen molar-refractivity contribution in [3.05, 3.63) is 82.8 Å². The second-order valence-corrected chi connectivity index (χ2v) is 4.35. The second kappa shape index (κ2) is 4.49. The molecule has 0 aliphatic heterocycles. The minimum absolute atomic E-state index is 0.0330. The molecule has 0 bridgehead atoms. The molecule has 88 valence electrons. The van der Waals surface area contributed by atoms with Crippen LogP contribution in [0, 0.1) is 0 Å².